The van der Waals surface area contributed by atoms with Gasteiger partial charge in [-0.15, -0.1) is 0 Å². The van der Waals surface area contributed by atoms with Crippen molar-refractivity contribution < 1.29 is 0 Å². The molecular formula is C12H16BrN. The lowest BCUT2D eigenvalue weighted by atomic mass is 9.89. The molecule has 0 aromatic heterocycles. The topological polar surface area (TPSA) is 12.0 Å². The molecule has 0 aliphatic carbocycles. The molecule has 0 spiro atoms. The third kappa shape index (κ3) is 2.18. The van der Waals surface area contributed by atoms with Crippen LogP contribution < -0.4 is 5.32 Å². The minimum absolute atomic E-state index is 0.442. The summed E-state index contributed by atoms with van der Waals surface area (Å²) in [6.07, 6.45) is 1.23. The quantitative estimate of drug-likeness (QED) is 0.808. The Morgan fingerprint density at radius 3 is 2.43 bits per heavy atom. The fourth-order valence-electron chi connectivity index (χ4n) is 2.03. The van der Waals surface area contributed by atoms with Crippen molar-refractivity contribution in [3.05, 3.63) is 34.3 Å². The molecule has 1 N–H and O–H groups in total. The molecule has 0 radical (unpaired) electrons. The van der Waals surface area contributed by atoms with Crippen LogP contribution in [0.15, 0.2) is 28.7 Å². The van der Waals surface area contributed by atoms with E-state index in [1.54, 1.807) is 0 Å². The number of benzene rings is 1. The summed E-state index contributed by atoms with van der Waals surface area (Å²) in [6.45, 7) is 5.76. The predicted molar refractivity (Wildman–Crippen MR) is 63.3 cm³/mol. The predicted octanol–water partition coefficient (Wildman–Crippen LogP) is 3.51. The molecule has 14 heavy (non-hydrogen) atoms. The van der Waals surface area contributed by atoms with Gasteiger partial charge in [0, 0.05) is 17.1 Å². The van der Waals surface area contributed by atoms with Crippen LogP contribution in [0.4, 0.5) is 0 Å². The van der Waals surface area contributed by atoms with Crippen molar-refractivity contribution in [2.45, 2.75) is 26.3 Å². The first-order valence-corrected chi connectivity index (χ1v) is 5.85. The number of hydrogen-bond donors (Lipinski definition) is 1. The lowest BCUT2D eigenvalue weighted by molar-refractivity contribution is 0.403. The van der Waals surface area contributed by atoms with Gasteiger partial charge in [0.2, 0.25) is 0 Å². The van der Waals surface area contributed by atoms with Crippen molar-refractivity contribution in [2.24, 2.45) is 5.41 Å². The van der Waals surface area contributed by atoms with Gasteiger partial charge in [-0.3, -0.25) is 0 Å². The van der Waals surface area contributed by atoms with E-state index in [0.717, 1.165) is 11.0 Å². The van der Waals surface area contributed by atoms with Crippen LogP contribution in [-0.2, 0) is 0 Å². The van der Waals surface area contributed by atoms with Gasteiger partial charge >= 0.3 is 0 Å². The van der Waals surface area contributed by atoms with E-state index >= 15 is 0 Å². The average Bonchev–Trinajstić information content (AvgIpc) is 2.47. The van der Waals surface area contributed by atoms with Crippen molar-refractivity contribution in [2.75, 3.05) is 6.54 Å². The molecule has 1 heterocycles. The number of hydrogen-bond acceptors (Lipinski definition) is 1. The maximum absolute atomic E-state index is 3.57. The Hall–Kier alpha value is -0.340. The fraction of sp³-hybridized carbons (Fsp3) is 0.500. The van der Waals surface area contributed by atoms with Crippen molar-refractivity contribution in [1.82, 2.24) is 5.32 Å². The summed E-state index contributed by atoms with van der Waals surface area (Å²) in [7, 11) is 0. The van der Waals surface area contributed by atoms with Gasteiger partial charge in [-0.2, -0.15) is 0 Å². The van der Waals surface area contributed by atoms with Crippen molar-refractivity contribution in [3.63, 3.8) is 0 Å². The summed E-state index contributed by atoms with van der Waals surface area (Å²) in [5.41, 5.74) is 1.84. The molecule has 0 amide bonds. The van der Waals surface area contributed by atoms with Gasteiger partial charge in [0.1, 0.15) is 0 Å². The molecule has 1 aromatic carbocycles. The summed E-state index contributed by atoms with van der Waals surface area (Å²) in [4.78, 5) is 0. The van der Waals surface area contributed by atoms with Gasteiger partial charge in [-0.1, -0.05) is 41.9 Å². The van der Waals surface area contributed by atoms with Crippen LogP contribution in [0.1, 0.15) is 31.9 Å². The Morgan fingerprint density at radius 1 is 1.29 bits per heavy atom. The van der Waals surface area contributed by atoms with E-state index in [4.69, 9.17) is 0 Å². The van der Waals surface area contributed by atoms with Crippen LogP contribution in [0.5, 0.6) is 0 Å². The molecule has 1 fully saturated rings. The Morgan fingerprint density at radius 2 is 1.93 bits per heavy atom. The Kier molecular flexibility index (Phi) is 2.67. The van der Waals surface area contributed by atoms with Gasteiger partial charge in [0.15, 0.2) is 0 Å². The standard InChI is InChI=1S/C12H16BrN/c1-12(2)7-11(14-8-12)9-3-5-10(13)6-4-9/h3-6,11,14H,7-8H2,1-2H3. The van der Waals surface area contributed by atoms with Crippen molar-refractivity contribution >= 4 is 15.9 Å². The van der Waals surface area contributed by atoms with E-state index in [9.17, 15) is 0 Å². The fourth-order valence-corrected chi connectivity index (χ4v) is 2.29. The minimum atomic E-state index is 0.442. The molecule has 1 aliphatic rings. The first-order chi connectivity index (χ1) is 6.57. The maximum Gasteiger partial charge on any atom is 0.0326 e. The number of halogens is 1. The smallest absolute Gasteiger partial charge is 0.0326 e. The molecule has 2 heteroatoms. The second-order valence-electron chi connectivity index (χ2n) is 4.85. The molecule has 0 bridgehead atoms. The van der Waals surface area contributed by atoms with E-state index in [1.807, 2.05) is 0 Å². The van der Waals surface area contributed by atoms with E-state index in [2.05, 4.69) is 59.4 Å². The van der Waals surface area contributed by atoms with Crippen LogP contribution in [0, 0.1) is 5.41 Å². The molecule has 2 rings (SSSR count). The maximum atomic E-state index is 3.57. The summed E-state index contributed by atoms with van der Waals surface area (Å²) < 4.78 is 1.15. The Balaban J connectivity index is 2.14. The summed E-state index contributed by atoms with van der Waals surface area (Å²) in [5.74, 6) is 0. The van der Waals surface area contributed by atoms with Crippen LogP contribution in [0.25, 0.3) is 0 Å². The molecule has 0 saturated carbocycles. The van der Waals surface area contributed by atoms with Crippen LogP contribution >= 0.6 is 15.9 Å². The highest BCUT2D eigenvalue weighted by molar-refractivity contribution is 9.10. The third-order valence-corrected chi connectivity index (χ3v) is 3.38. The van der Waals surface area contributed by atoms with Gasteiger partial charge in [-0.05, 0) is 29.5 Å². The van der Waals surface area contributed by atoms with Crippen LogP contribution in [0.3, 0.4) is 0 Å². The normalized spacial score (nSPS) is 25.2. The molecule has 1 nitrogen and oxygen atoms in total. The van der Waals surface area contributed by atoms with Gasteiger partial charge in [0.25, 0.3) is 0 Å². The molecule has 76 valence electrons. The monoisotopic (exact) mass is 253 g/mol. The minimum Gasteiger partial charge on any atom is -0.309 e. The van der Waals surface area contributed by atoms with E-state index in [-0.39, 0.29) is 0 Å². The largest absolute Gasteiger partial charge is 0.309 e. The van der Waals surface area contributed by atoms with Crippen molar-refractivity contribution in [3.8, 4) is 0 Å². The molecule has 1 aromatic rings. The summed E-state index contributed by atoms with van der Waals surface area (Å²) in [5, 5.41) is 3.57. The van der Waals surface area contributed by atoms with E-state index < -0.39 is 0 Å². The highest BCUT2D eigenvalue weighted by Gasteiger charge is 2.30. The second kappa shape index (κ2) is 3.67. The number of nitrogens with one attached hydrogen (secondary N) is 1. The van der Waals surface area contributed by atoms with E-state index in [1.165, 1.54) is 12.0 Å². The van der Waals surface area contributed by atoms with Crippen molar-refractivity contribution in [1.29, 1.82) is 0 Å². The molecule has 1 atom stereocenters. The van der Waals surface area contributed by atoms with Gasteiger partial charge < -0.3 is 5.32 Å². The Bertz CT molecular complexity index is 316. The first-order valence-electron chi connectivity index (χ1n) is 5.06. The molecule has 1 unspecified atom stereocenters. The lowest BCUT2D eigenvalue weighted by Crippen LogP contribution is -2.16. The van der Waals surface area contributed by atoms with E-state index in [0.29, 0.717) is 11.5 Å². The second-order valence-corrected chi connectivity index (χ2v) is 5.77. The molecular weight excluding hydrogens is 238 g/mol. The average molecular weight is 254 g/mol. The van der Waals surface area contributed by atoms with Crippen LogP contribution in [0.2, 0.25) is 0 Å². The molecule has 1 saturated heterocycles. The zero-order valence-corrected chi connectivity index (χ0v) is 10.3. The molecule has 1 aliphatic heterocycles. The SMILES string of the molecule is CC1(C)CNC(c2ccc(Br)cc2)C1. The van der Waals surface area contributed by atoms with Crippen LogP contribution in [-0.4, -0.2) is 6.54 Å². The zero-order chi connectivity index (χ0) is 10.2. The third-order valence-electron chi connectivity index (χ3n) is 2.86. The summed E-state index contributed by atoms with van der Waals surface area (Å²) >= 11 is 3.46. The number of rotatable bonds is 1. The highest BCUT2D eigenvalue weighted by atomic mass is 79.9. The zero-order valence-electron chi connectivity index (χ0n) is 8.68. The Labute approximate surface area is 94.0 Å². The first kappa shape index (κ1) is 10.2. The van der Waals surface area contributed by atoms with Gasteiger partial charge in [0.05, 0.1) is 0 Å². The highest BCUT2D eigenvalue weighted by Crippen LogP contribution is 2.35. The lowest BCUT2D eigenvalue weighted by Gasteiger charge is -2.15. The van der Waals surface area contributed by atoms with Gasteiger partial charge in [-0.25, -0.2) is 0 Å². The summed E-state index contributed by atoms with van der Waals surface area (Å²) in [6, 6.07) is 9.16.